The first kappa shape index (κ1) is 11.6. The number of nitrogens with one attached hydrogen (secondary N) is 2. The topological polar surface area (TPSA) is 27.8 Å². The van der Waals surface area contributed by atoms with Crippen LogP contribution < -0.4 is 5.32 Å². The number of benzene rings is 2. The summed E-state index contributed by atoms with van der Waals surface area (Å²) in [5.74, 6) is 0. The predicted octanol–water partition coefficient (Wildman–Crippen LogP) is 4.61. The van der Waals surface area contributed by atoms with Gasteiger partial charge in [0.2, 0.25) is 0 Å². The van der Waals surface area contributed by atoms with Crippen molar-refractivity contribution in [3.05, 3.63) is 65.9 Å². The van der Waals surface area contributed by atoms with Gasteiger partial charge >= 0.3 is 0 Å². The minimum absolute atomic E-state index is 0.0849. The van der Waals surface area contributed by atoms with E-state index in [4.69, 9.17) is 0 Å². The fourth-order valence-electron chi connectivity index (χ4n) is 3.46. The van der Waals surface area contributed by atoms with Crippen LogP contribution in [0.5, 0.6) is 0 Å². The molecule has 1 aliphatic heterocycles. The highest BCUT2D eigenvalue weighted by Crippen LogP contribution is 2.49. The largest absolute Gasteiger partial charge is 0.377 e. The lowest BCUT2D eigenvalue weighted by molar-refractivity contribution is 0.476. The van der Waals surface area contributed by atoms with Crippen LogP contribution in [0.25, 0.3) is 10.9 Å². The van der Waals surface area contributed by atoms with Gasteiger partial charge in [-0.1, -0.05) is 50.2 Å². The number of H-pyrrole nitrogens is 1. The van der Waals surface area contributed by atoms with Gasteiger partial charge in [-0.15, -0.1) is 0 Å². The maximum Gasteiger partial charge on any atom is 0.0626 e. The van der Waals surface area contributed by atoms with Crippen LogP contribution in [0.4, 0.5) is 5.69 Å². The first-order chi connectivity index (χ1) is 9.68. The summed E-state index contributed by atoms with van der Waals surface area (Å²) >= 11 is 0. The molecule has 0 saturated heterocycles. The van der Waals surface area contributed by atoms with E-state index in [0.29, 0.717) is 6.04 Å². The average Bonchev–Trinajstić information content (AvgIpc) is 2.98. The number of hydrogen-bond donors (Lipinski definition) is 2. The summed E-state index contributed by atoms with van der Waals surface area (Å²) in [4.78, 5) is 3.39. The second kappa shape index (κ2) is 3.89. The molecule has 2 heterocycles. The van der Waals surface area contributed by atoms with Crippen LogP contribution in [-0.2, 0) is 5.41 Å². The summed E-state index contributed by atoms with van der Waals surface area (Å²) in [6.45, 7) is 4.64. The van der Waals surface area contributed by atoms with Gasteiger partial charge in [-0.25, -0.2) is 0 Å². The van der Waals surface area contributed by atoms with Crippen molar-refractivity contribution in [3.63, 3.8) is 0 Å². The molecule has 2 N–H and O–H groups in total. The minimum atomic E-state index is 0.0849. The van der Waals surface area contributed by atoms with Crippen molar-refractivity contribution in [3.8, 4) is 0 Å². The van der Waals surface area contributed by atoms with Crippen molar-refractivity contribution in [1.29, 1.82) is 0 Å². The summed E-state index contributed by atoms with van der Waals surface area (Å²) in [5, 5.41) is 5.01. The molecule has 2 nitrogen and oxygen atoms in total. The summed E-state index contributed by atoms with van der Waals surface area (Å²) in [6, 6.07) is 17.4. The smallest absolute Gasteiger partial charge is 0.0626 e. The fraction of sp³-hybridized carbons (Fsp3) is 0.222. The van der Waals surface area contributed by atoms with Crippen LogP contribution in [-0.4, -0.2) is 4.98 Å². The van der Waals surface area contributed by atoms with E-state index in [1.807, 2.05) is 0 Å². The minimum Gasteiger partial charge on any atom is -0.377 e. The number of fused-ring (bicyclic) bond motifs is 2. The number of anilines is 1. The summed E-state index contributed by atoms with van der Waals surface area (Å²) in [7, 11) is 0. The van der Waals surface area contributed by atoms with Crippen molar-refractivity contribution in [1.82, 2.24) is 4.98 Å². The number of aromatic nitrogens is 1. The zero-order valence-electron chi connectivity index (χ0n) is 11.8. The highest BCUT2D eigenvalue weighted by Gasteiger charge is 2.40. The maximum absolute atomic E-state index is 3.70. The average molecular weight is 262 g/mol. The molecule has 0 bridgehead atoms. The summed E-state index contributed by atoms with van der Waals surface area (Å²) < 4.78 is 0. The molecule has 3 aromatic rings. The highest BCUT2D eigenvalue weighted by molar-refractivity contribution is 5.85. The molecule has 1 aromatic heterocycles. The van der Waals surface area contributed by atoms with E-state index in [0.717, 1.165) is 0 Å². The van der Waals surface area contributed by atoms with E-state index in [2.05, 4.69) is 78.9 Å². The molecule has 0 amide bonds. The Morgan fingerprint density at radius 3 is 2.55 bits per heavy atom. The Morgan fingerprint density at radius 1 is 0.950 bits per heavy atom. The van der Waals surface area contributed by atoms with Crippen LogP contribution in [0.3, 0.4) is 0 Å². The number of hydrogen-bond acceptors (Lipinski definition) is 1. The highest BCUT2D eigenvalue weighted by atomic mass is 15.0. The number of para-hydroxylation sites is 2. The molecule has 0 fully saturated rings. The van der Waals surface area contributed by atoms with E-state index < -0.39 is 0 Å². The van der Waals surface area contributed by atoms with Crippen molar-refractivity contribution in [2.45, 2.75) is 25.3 Å². The Kier molecular flexibility index (Phi) is 2.25. The van der Waals surface area contributed by atoms with E-state index in [1.165, 1.54) is 27.7 Å². The molecule has 0 spiro atoms. The molecular weight excluding hydrogens is 244 g/mol. The third-order valence-electron chi connectivity index (χ3n) is 4.58. The first-order valence-corrected chi connectivity index (χ1v) is 7.10. The summed E-state index contributed by atoms with van der Waals surface area (Å²) in [5.41, 5.74) is 5.29. The molecule has 0 radical (unpaired) electrons. The molecule has 2 heteroatoms. The van der Waals surface area contributed by atoms with Crippen LogP contribution in [0, 0.1) is 0 Å². The van der Waals surface area contributed by atoms with Gasteiger partial charge in [-0.05, 0) is 17.7 Å². The first-order valence-electron chi connectivity index (χ1n) is 7.10. The molecule has 1 aliphatic rings. The lowest BCUT2D eigenvalue weighted by Crippen LogP contribution is -2.25. The second-order valence-corrected chi connectivity index (χ2v) is 6.13. The Labute approximate surface area is 118 Å². The normalized spacial score (nSPS) is 19.8. The Hall–Kier alpha value is -2.22. The van der Waals surface area contributed by atoms with Gasteiger partial charge in [0.15, 0.2) is 0 Å². The van der Waals surface area contributed by atoms with Gasteiger partial charge in [-0.2, -0.15) is 0 Å². The number of rotatable bonds is 1. The lowest BCUT2D eigenvalue weighted by atomic mass is 9.78. The van der Waals surface area contributed by atoms with Gasteiger partial charge in [0.25, 0.3) is 0 Å². The van der Waals surface area contributed by atoms with E-state index >= 15 is 0 Å². The maximum atomic E-state index is 3.70. The molecule has 100 valence electrons. The van der Waals surface area contributed by atoms with Gasteiger partial charge in [0.05, 0.1) is 6.04 Å². The predicted molar refractivity (Wildman–Crippen MR) is 84.1 cm³/mol. The SMILES string of the molecule is CC1(C)c2ccccc2N[C@@H]1c1c[nH]c2ccccc12. The molecular formula is C18H18N2. The van der Waals surface area contributed by atoms with Gasteiger partial charge in [0, 0.05) is 33.8 Å². The fourth-order valence-corrected chi connectivity index (χ4v) is 3.46. The zero-order chi connectivity index (χ0) is 13.7. The Bertz CT molecular complexity index is 783. The standard InChI is InChI=1S/C18H18N2/c1-18(2)14-8-4-6-10-16(14)20-17(18)13-11-19-15-9-5-3-7-12(13)15/h3-11,17,19-20H,1-2H3/t17-/m1/s1. The monoisotopic (exact) mass is 262 g/mol. The molecule has 0 unspecified atom stereocenters. The molecule has 4 rings (SSSR count). The van der Waals surface area contributed by atoms with Crippen LogP contribution in [0.1, 0.15) is 31.0 Å². The molecule has 2 aromatic carbocycles. The number of aromatic amines is 1. The Morgan fingerprint density at radius 2 is 1.70 bits per heavy atom. The molecule has 0 saturated carbocycles. The van der Waals surface area contributed by atoms with Gasteiger partial charge < -0.3 is 10.3 Å². The third kappa shape index (κ3) is 1.45. The van der Waals surface area contributed by atoms with Crippen LogP contribution in [0.2, 0.25) is 0 Å². The van der Waals surface area contributed by atoms with Crippen molar-refractivity contribution < 1.29 is 0 Å². The van der Waals surface area contributed by atoms with Crippen molar-refractivity contribution in [2.75, 3.05) is 5.32 Å². The van der Waals surface area contributed by atoms with Crippen molar-refractivity contribution >= 4 is 16.6 Å². The van der Waals surface area contributed by atoms with E-state index in [9.17, 15) is 0 Å². The summed E-state index contributed by atoms with van der Waals surface area (Å²) in [6.07, 6.45) is 2.15. The zero-order valence-corrected chi connectivity index (χ0v) is 11.8. The third-order valence-corrected chi connectivity index (χ3v) is 4.58. The molecule has 20 heavy (non-hydrogen) atoms. The Balaban J connectivity index is 1.89. The van der Waals surface area contributed by atoms with Crippen molar-refractivity contribution in [2.24, 2.45) is 0 Å². The van der Waals surface area contributed by atoms with Gasteiger partial charge in [-0.3, -0.25) is 0 Å². The van der Waals surface area contributed by atoms with E-state index in [1.54, 1.807) is 0 Å². The lowest BCUT2D eigenvalue weighted by Gasteiger charge is -2.27. The molecule has 0 aliphatic carbocycles. The van der Waals surface area contributed by atoms with Crippen LogP contribution in [0.15, 0.2) is 54.7 Å². The van der Waals surface area contributed by atoms with Gasteiger partial charge in [0.1, 0.15) is 0 Å². The van der Waals surface area contributed by atoms with E-state index in [-0.39, 0.29) is 5.41 Å². The quantitative estimate of drug-likeness (QED) is 0.658. The molecule has 1 atom stereocenters. The van der Waals surface area contributed by atoms with Crippen LogP contribution >= 0.6 is 0 Å². The second-order valence-electron chi connectivity index (χ2n) is 6.13.